The van der Waals surface area contributed by atoms with Crippen LogP contribution in [0, 0.1) is 13.8 Å². The molecule has 0 spiro atoms. The van der Waals surface area contributed by atoms with Crippen molar-refractivity contribution in [3.8, 4) is 11.5 Å². The number of aliphatic hydroxyl groups excluding tert-OH is 2. The number of imidazole rings is 2. The molecule has 0 saturated carbocycles. The molecule has 330 valence electrons. The van der Waals surface area contributed by atoms with Crippen LogP contribution < -0.4 is 31.6 Å². The number of hydrogen-bond donors (Lipinski definition) is 6. The number of anilines is 2. The third-order valence-corrected chi connectivity index (χ3v) is 10.3. The quantitative estimate of drug-likeness (QED) is 0.0804. The summed E-state index contributed by atoms with van der Waals surface area (Å²) in [6.07, 6.45) is 9.24. The second-order valence-corrected chi connectivity index (χ2v) is 14.8. The Bertz CT molecular complexity index is 2770. The van der Waals surface area contributed by atoms with E-state index in [0.29, 0.717) is 89.2 Å². The number of aromatic nitrogens is 8. The van der Waals surface area contributed by atoms with Crippen molar-refractivity contribution in [3.63, 3.8) is 0 Å². The topological polar surface area (TPSA) is 275 Å². The molecule has 4 amide bonds. The summed E-state index contributed by atoms with van der Waals surface area (Å²) in [5, 5.41) is 34.2. The summed E-state index contributed by atoms with van der Waals surface area (Å²) < 4.78 is 18.9. The monoisotopic (exact) mass is 862 g/mol. The van der Waals surface area contributed by atoms with E-state index < -0.39 is 23.6 Å². The highest BCUT2D eigenvalue weighted by Crippen LogP contribution is 2.34. The van der Waals surface area contributed by atoms with Gasteiger partial charge in [0.2, 0.25) is 23.7 Å². The number of nitrogens with two attached hydrogens (primary N) is 2. The number of primary amides is 2. The Kier molecular flexibility index (Phi) is 13.3. The third-order valence-electron chi connectivity index (χ3n) is 10.3. The van der Waals surface area contributed by atoms with Crippen LogP contribution >= 0.6 is 0 Å². The molecule has 6 aromatic rings. The normalized spacial score (nSPS) is 14.2. The van der Waals surface area contributed by atoms with Crippen molar-refractivity contribution >= 4 is 63.7 Å². The fourth-order valence-electron chi connectivity index (χ4n) is 7.41. The van der Waals surface area contributed by atoms with Gasteiger partial charge in [-0.1, -0.05) is 24.3 Å². The Morgan fingerprint density at radius 3 is 1.86 bits per heavy atom. The summed E-state index contributed by atoms with van der Waals surface area (Å²) >= 11 is 0. The molecule has 0 radical (unpaired) electrons. The maximum atomic E-state index is 14.4. The van der Waals surface area contributed by atoms with E-state index in [1.54, 1.807) is 31.5 Å². The van der Waals surface area contributed by atoms with Gasteiger partial charge >= 0.3 is 0 Å². The van der Waals surface area contributed by atoms with Gasteiger partial charge in [-0.15, -0.1) is 0 Å². The Morgan fingerprint density at radius 2 is 1.33 bits per heavy atom. The van der Waals surface area contributed by atoms with Gasteiger partial charge in [-0.2, -0.15) is 10.2 Å². The molecule has 63 heavy (non-hydrogen) atoms. The summed E-state index contributed by atoms with van der Waals surface area (Å²) in [6.45, 7) is 6.53. The molecule has 5 heterocycles. The summed E-state index contributed by atoms with van der Waals surface area (Å²) in [6, 6.07) is 7.72. The molecule has 0 saturated heterocycles. The first-order valence-electron chi connectivity index (χ1n) is 20.6. The third kappa shape index (κ3) is 9.31. The van der Waals surface area contributed by atoms with Gasteiger partial charge in [0.15, 0.2) is 0 Å². The van der Waals surface area contributed by atoms with Crippen LogP contribution in [0.2, 0.25) is 0 Å². The van der Waals surface area contributed by atoms with E-state index in [0.717, 1.165) is 0 Å². The Balaban J connectivity index is 1.39. The molecule has 4 aromatic heterocycles. The lowest BCUT2D eigenvalue weighted by molar-refractivity contribution is 0.0991. The van der Waals surface area contributed by atoms with Gasteiger partial charge in [0.05, 0.1) is 35.6 Å². The number of benzene rings is 2. The standard InChI is InChI=1S/C43H50N12O8/c1-4-54-35-29(26(3)51-54)12-6-5-7-15-55-32(20-25(2)50-55)40(60)48-42-46-30-21-27(38(44)58)23-33(62-18-10-16-56)36(30)52(42)13-8-9-14-53-37-31(47-43(53)49-41(35)61)22-28(39(45)59)24-34(37)63-19-11-17-57/h6,8-9,12,20-24,56-57H,4-5,7,10-11,13-19H2,1-3H3,(H2,44,58)(H2,45,59)(H,46,48,60)(H,47,49,61)/b9-8+,12-6?. The number of amides is 4. The number of hydrogen-bond acceptors (Lipinski definition) is 12. The van der Waals surface area contributed by atoms with E-state index in [2.05, 4.69) is 20.8 Å². The first-order valence-corrected chi connectivity index (χ1v) is 20.6. The highest BCUT2D eigenvalue weighted by molar-refractivity contribution is 6.07. The Morgan fingerprint density at radius 1 is 0.778 bits per heavy atom. The first-order chi connectivity index (χ1) is 30.4. The molecule has 0 atom stereocenters. The van der Waals surface area contributed by atoms with Gasteiger partial charge in [-0.3, -0.25) is 39.2 Å². The molecule has 1 aliphatic rings. The summed E-state index contributed by atoms with van der Waals surface area (Å²) in [5.74, 6) is -1.55. The van der Waals surface area contributed by atoms with Gasteiger partial charge in [0, 0.05) is 68.9 Å². The fraction of sp³-hybridized carbons (Fsp3) is 0.349. The Labute approximate surface area is 361 Å². The van der Waals surface area contributed by atoms with Crippen LogP contribution in [-0.4, -0.2) is 98.9 Å². The molecule has 0 unspecified atom stereocenters. The van der Waals surface area contributed by atoms with Crippen LogP contribution in [0.15, 0.2) is 48.6 Å². The van der Waals surface area contributed by atoms with E-state index >= 15 is 0 Å². The van der Waals surface area contributed by atoms with Crippen LogP contribution in [0.5, 0.6) is 11.5 Å². The zero-order valence-electron chi connectivity index (χ0n) is 35.3. The average molecular weight is 863 g/mol. The highest BCUT2D eigenvalue weighted by atomic mass is 16.5. The van der Waals surface area contributed by atoms with Crippen molar-refractivity contribution in [3.05, 3.63) is 88.0 Å². The van der Waals surface area contributed by atoms with E-state index in [1.807, 2.05) is 38.2 Å². The smallest absolute Gasteiger partial charge is 0.276 e. The van der Waals surface area contributed by atoms with Crippen molar-refractivity contribution in [2.24, 2.45) is 11.5 Å². The molecule has 20 heteroatoms. The summed E-state index contributed by atoms with van der Waals surface area (Å²) in [4.78, 5) is 62.9. The minimum absolute atomic E-state index is 0.107. The molecule has 1 aliphatic heterocycles. The lowest BCUT2D eigenvalue weighted by Crippen LogP contribution is -2.21. The number of aryl methyl sites for hydroxylation is 4. The van der Waals surface area contributed by atoms with Crippen molar-refractivity contribution in [2.45, 2.75) is 72.6 Å². The van der Waals surface area contributed by atoms with Crippen LogP contribution in [0.1, 0.15) is 91.3 Å². The molecule has 2 aromatic carbocycles. The van der Waals surface area contributed by atoms with E-state index in [-0.39, 0.29) is 74.0 Å². The number of carbonyl (C=O) groups excluding carboxylic acids is 4. The van der Waals surface area contributed by atoms with Crippen LogP contribution in [0.25, 0.3) is 28.1 Å². The van der Waals surface area contributed by atoms with Crippen molar-refractivity contribution in [1.82, 2.24) is 38.7 Å². The number of rotatable bonds is 11. The molecule has 0 aliphatic carbocycles. The lowest BCUT2D eigenvalue weighted by Gasteiger charge is -2.14. The number of carbonyl (C=O) groups is 4. The largest absolute Gasteiger partial charge is 0.491 e. The molecule has 20 nitrogen and oxygen atoms in total. The molecular weight excluding hydrogens is 813 g/mol. The molecule has 8 N–H and O–H groups in total. The van der Waals surface area contributed by atoms with Crippen LogP contribution in [0.4, 0.5) is 11.9 Å². The second-order valence-electron chi connectivity index (χ2n) is 14.8. The van der Waals surface area contributed by atoms with Gasteiger partial charge in [0.1, 0.15) is 33.9 Å². The zero-order chi connectivity index (χ0) is 44.8. The number of nitrogens with zero attached hydrogens (tertiary/aromatic N) is 8. The SMILES string of the molecule is CCn1nc(C)c2c1C(=O)Nc1nc3cc(C(N)=O)cc(OCCCO)c3n1C/C=C/Cn1c(nc3cc(C(N)=O)cc(OCCCO)c31)NC(=O)c1cc(C)nn1CCCC=C2. The zero-order valence-corrected chi connectivity index (χ0v) is 35.3. The second kappa shape index (κ2) is 19.2. The lowest BCUT2D eigenvalue weighted by atomic mass is 10.1. The molecular formula is C43H50N12O8. The van der Waals surface area contributed by atoms with E-state index in [4.69, 9.17) is 30.9 Å². The van der Waals surface area contributed by atoms with E-state index in [1.165, 1.54) is 24.3 Å². The Hall–Kier alpha value is -7.32. The molecule has 7 rings (SSSR count). The molecule has 0 fully saturated rings. The van der Waals surface area contributed by atoms with Gasteiger partial charge in [0.25, 0.3) is 11.8 Å². The fourth-order valence-corrected chi connectivity index (χ4v) is 7.41. The van der Waals surface area contributed by atoms with Crippen molar-refractivity contribution in [1.29, 1.82) is 0 Å². The van der Waals surface area contributed by atoms with Crippen molar-refractivity contribution < 1.29 is 38.9 Å². The maximum Gasteiger partial charge on any atom is 0.276 e. The molecule has 0 bridgehead atoms. The average Bonchev–Trinajstić information content (AvgIpc) is 3.99. The number of allylic oxidation sites excluding steroid dienone is 3. The number of nitrogens with one attached hydrogen (secondary N) is 2. The number of aliphatic hydroxyl groups is 2. The van der Waals surface area contributed by atoms with Gasteiger partial charge in [-0.25, -0.2) is 9.97 Å². The van der Waals surface area contributed by atoms with E-state index in [9.17, 15) is 29.4 Å². The van der Waals surface area contributed by atoms with Crippen LogP contribution in [0.3, 0.4) is 0 Å². The van der Waals surface area contributed by atoms with Crippen molar-refractivity contribution in [2.75, 3.05) is 37.1 Å². The first kappa shape index (κ1) is 43.8. The predicted octanol–water partition coefficient (Wildman–Crippen LogP) is 3.70. The minimum atomic E-state index is -0.708. The predicted molar refractivity (Wildman–Crippen MR) is 234 cm³/mol. The van der Waals surface area contributed by atoms with Gasteiger partial charge < -0.3 is 40.3 Å². The number of fused-ring (bicyclic) bond motifs is 8. The summed E-state index contributed by atoms with van der Waals surface area (Å²) in [7, 11) is 0. The minimum Gasteiger partial charge on any atom is -0.491 e. The summed E-state index contributed by atoms with van der Waals surface area (Å²) in [5.41, 5.74) is 15.8. The highest BCUT2D eigenvalue weighted by Gasteiger charge is 2.25. The van der Waals surface area contributed by atoms with Gasteiger partial charge in [-0.05, 0) is 63.9 Å². The van der Waals surface area contributed by atoms with Crippen LogP contribution in [-0.2, 0) is 26.2 Å². The number of ether oxygens (including phenoxy) is 2. The maximum absolute atomic E-state index is 14.4.